The summed E-state index contributed by atoms with van der Waals surface area (Å²) in [6, 6.07) is 4.42. The van der Waals surface area contributed by atoms with E-state index in [2.05, 4.69) is 20.6 Å². The molecule has 2 amide bonds. The molecule has 1 saturated carbocycles. The number of hydrogen-bond acceptors (Lipinski definition) is 5. The van der Waals surface area contributed by atoms with Crippen LogP contribution in [0.2, 0.25) is 5.02 Å². The molecule has 2 bridgehead atoms. The number of fused-ring (bicyclic) bond motifs is 2. The number of alkyl halides is 3. The fourth-order valence-corrected chi connectivity index (χ4v) is 4.97. The van der Waals surface area contributed by atoms with Crippen molar-refractivity contribution in [1.29, 1.82) is 0 Å². The van der Waals surface area contributed by atoms with E-state index >= 15 is 0 Å². The van der Waals surface area contributed by atoms with Gasteiger partial charge in [0.05, 0.1) is 16.6 Å². The SMILES string of the molecule is Cc1nnc(C23CC(CC(C(F)(F)F)C2)N3C(=O)Nc2ccc(Cl)c(-n3ccc(F)n3)c2)o1. The number of nitrogens with one attached hydrogen (secondary N) is 1. The lowest BCUT2D eigenvalue weighted by Gasteiger charge is -2.61. The van der Waals surface area contributed by atoms with Gasteiger partial charge in [-0.2, -0.15) is 17.6 Å². The predicted octanol–water partition coefficient (Wildman–Crippen LogP) is 4.83. The average molecular weight is 485 g/mol. The van der Waals surface area contributed by atoms with Crippen molar-refractivity contribution in [3.05, 3.63) is 53.2 Å². The van der Waals surface area contributed by atoms with Crippen molar-refractivity contribution in [1.82, 2.24) is 24.9 Å². The molecule has 5 rings (SSSR count). The second-order valence-corrected chi connectivity index (χ2v) is 8.65. The van der Waals surface area contributed by atoms with Crippen molar-refractivity contribution in [3.63, 3.8) is 0 Å². The Morgan fingerprint density at radius 2 is 2.06 bits per heavy atom. The van der Waals surface area contributed by atoms with Crippen molar-refractivity contribution in [2.75, 3.05) is 5.32 Å². The number of likely N-dealkylation sites (tertiary alicyclic amines) is 1. The Hall–Kier alpha value is -3.15. The molecule has 3 aromatic rings. The zero-order chi connectivity index (χ0) is 23.5. The second-order valence-electron chi connectivity index (χ2n) is 8.24. The number of carbonyl (C=O) groups excluding carboxylic acids is 1. The Balaban J connectivity index is 1.44. The summed E-state index contributed by atoms with van der Waals surface area (Å²) in [5.74, 6) is -2.09. The first-order chi connectivity index (χ1) is 15.6. The Morgan fingerprint density at radius 1 is 1.27 bits per heavy atom. The molecule has 1 aliphatic carbocycles. The van der Waals surface area contributed by atoms with Gasteiger partial charge in [0.15, 0.2) is 0 Å². The standard InChI is InChI=1S/C20H17ClF4N6O2/c1-10-27-28-17(33-10)19-8-11(20(23,24)25)6-13(9-19)31(19)18(32)26-12-2-3-14(21)15(7-12)30-5-4-16(22)29-30/h2-5,7,11,13H,6,8-9H2,1H3,(H,26,32). The topological polar surface area (TPSA) is 89.1 Å². The Kier molecular flexibility index (Phi) is 4.89. The van der Waals surface area contributed by atoms with Crippen molar-refractivity contribution in [3.8, 4) is 5.69 Å². The quantitative estimate of drug-likeness (QED) is 0.538. The van der Waals surface area contributed by atoms with Crippen LogP contribution in [0.1, 0.15) is 31.0 Å². The lowest BCUT2D eigenvalue weighted by atomic mass is 9.63. The van der Waals surface area contributed by atoms with Crippen molar-refractivity contribution >= 4 is 23.3 Å². The van der Waals surface area contributed by atoms with Crippen LogP contribution in [0, 0.1) is 18.8 Å². The minimum atomic E-state index is -4.40. The van der Waals surface area contributed by atoms with Gasteiger partial charge < -0.3 is 14.6 Å². The Bertz CT molecular complexity index is 1230. The molecule has 2 aliphatic rings. The number of anilines is 1. The largest absolute Gasteiger partial charge is 0.423 e. The maximum Gasteiger partial charge on any atom is 0.392 e. The molecule has 1 aromatic carbocycles. The van der Waals surface area contributed by atoms with E-state index in [-0.39, 0.29) is 29.6 Å². The summed E-state index contributed by atoms with van der Waals surface area (Å²) in [5.41, 5.74) is -0.708. The monoisotopic (exact) mass is 484 g/mol. The van der Waals surface area contributed by atoms with E-state index in [4.69, 9.17) is 16.0 Å². The first kappa shape index (κ1) is 21.7. The molecular formula is C20H17ClF4N6O2. The van der Waals surface area contributed by atoms with E-state index in [1.165, 1.54) is 40.9 Å². The first-order valence-electron chi connectivity index (χ1n) is 10.1. The molecule has 174 valence electrons. The minimum absolute atomic E-state index is 0.0100. The van der Waals surface area contributed by atoms with Gasteiger partial charge in [-0.05, 0) is 31.0 Å². The molecular weight excluding hydrogens is 468 g/mol. The fraction of sp³-hybridized carbons (Fsp3) is 0.400. The Labute approximate surface area is 189 Å². The molecule has 3 unspecified atom stereocenters. The van der Waals surface area contributed by atoms with E-state index < -0.39 is 35.7 Å². The number of aryl methyl sites for hydroxylation is 1. The lowest BCUT2D eigenvalue weighted by molar-refractivity contribution is -0.229. The highest BCUT2D eigenvalue weighted by molar-refractivity contribution is 6.32. The van der Waals surface area contributed by atoms with Gasteiger partial charge in [-0.25, -0.2) is 9.48 Å². The number of nitrogens with zero attached hydrogens (tertiary/aromatic N) is 5. The average Bonchev–Trinajstić information content (AvgIpc) is 3.37. The van der Waals surface area contributed by atoms with E-state index in [1.807, 2.05) is 0 Å². The third-order valence-electron chi connectivity index (χ3n) is 6.15. The van der Waals surface area contributed by atoms with Crippen LogP contribution in [0.5, 0.6) is 0 Å². The molecule has 2 fully saturated rings. The molecule has 3 heterocycles. The summed E-state index contributed by atoms with van der Waals surface area (Å²) in [6.07, 6.45) is -3.30. The second kappa shape index (κ2) is 7.44. The van der Waals surface area contributed by atoms with Crippen LogP contribution in [-0.2, 0) is 5.54 Å². The highest BCUT2D eigenvalue weighted by Gasteiger charge is 2.66. The number of urea groups is 1. The number of carbonyl (C=O) groups is 1. The fourth-order valence-electron chi connectivity index (χ4n) is 4.76. The normalized spacial score (nSPS) is 24.5. The number of rotatable bonds is 3. The van der Waals surface area contributed by atoms with Gasteiger partial charge in [-0.3, -0.25) is 0 Å². The van der Waals surface area contributed by atoms with Crippen LogP contribution in [0.15, 0.2) is 34.9 Å². The third kappa shape index (κ3) is 3.62. The molecule has 1 N–H and O–H groups in total. The van der Waals surface area contributed by atoms with Gasteiger partial charge in [0.25, 0.3) is 0 Å². The van der Waals surface area contributed by atoms with Gasteiger partial charge in [-0.15, -0.1) is 15.3 Å². The number of piperidine rings is 1. The van der Waals surface area contributed by atoms with E-state index in [1.54, 1.807) is 0 Å². The highest BCUT2D eigenvalue weighted by atomic mass is 35.5. The van der Waals surface area contributed by atoms with Crippen LogP contribution in [0.4, 0.5) is 28.0 Å². The molecule has 33 heavy (non-hydrogen) atoms. The molecule has 3 atom stereocenters. The first-order valence-corrected chi connectivity index (χ1v) is 10.4. The summed E-state index contributed by atoms with van der Waals surface area (Å²) >= 11 is 6.18. The zero-order valence-corrected chi connectivity index (χ0v) is 17.9. The zero-order valence-electron chi connectivity index (χ0n) is 17.1. The van der Waals surface area contributed by atoms with E-state index in [0.717, 1.165) is 6.07 Å². The van der Waals surface area contributed by atoms with E-state index in [0.29, 0.717) is 17.8 Å². The number of hydrogen-bond donors (Lipinski definition) is 1. The molecule has 0 radical (unpaired) electrons. The lowest BCUT2D eigenvalue weighted by Crippen LogP contribution is -2.71. The summed E-state index contributed by atoms with van der Waals surface area (Å²) < 4.78 is 60.5. The molecule has 2 aromatic heterocycles. The van der Waals surface area contributed by atoms with Crippen molar-refractivity contribution in [2.45, 2.75) is 43.9 Å². The molecule has 13 heteroatoms. The molecule has 8 nitrogen and oxygen atoms in total. The van der Waals surface area contributed by atoms with Crippen LogP contribution in [0.3, 0.4) is 0 Å². The Morgan fingerprint density at radius 3 is 2.70 bits per heavy atom. The van der Waals surface area contributed by atoms with Crippen LogP contribution >= 0.6 is 11.6 Å². The number of halogens is 5. The number of benzene rings is 1. The summed E-state index contributed by atoms with van der Waals surface area (Å²) in [5, 5.41) is 14.3. The minimum Gasteiger partial charge on any atom is -0.423 e. The van der Waals surface area contributed by atoms with Crippen LogP contribution in [0.25, 0.3) is 5.69 Å². The molecule has 1 aliphatic heterocycles. The van der Waals surface area contributed by atoms with Gasteiger partial charge in [0, 0.05) is 37.3 Å². The highest BCUT2D eigenvalue weighted by Crippen LogP contribution is 2.58. The summed E-state index contributed by atoms with van der Waals surface area (Å²) in [6.45, 7) is 1.53. The third-order valence-corrected chi connectivity index (χ3v) is 6.47. The summed E-state index contributed by atoms with van der Waals surface area (Å²) in [4.78, 5) is 14.6. The maximum atomic E-state index is 13.5. The maximum absolute atomic E-state index is 13.5. The predicted molar refractivity (Wildman–Crippen MR) is 107 cm³/mol. The molecule has 0 spiro atoms. The van der Waals surface area contributed by atoms with Gasteiger partial charge in [0.1, 0.15) is 5.54 Å². The van der Waals surface area contributed by atoms with Crippen LogP contribution in [-0.4, -0.2) is 43.1 Å². The molecule has 1 saturated heterocycles. The van der Waals surface area contributed by atoms with Crippen LogP contribution < -0.4 is 5.32 Å². The number of aromatic nitrogens is 4. The van der Waals surface area contributed by atoms with E-state index in [9.17, 15) is 22.4 Å². The van der Waals surface area contributed by atoms with Crippen molar-refractivity contribution in [2.24, 2.45) is 5.92 Å². The van der Waals surface area contributed by atoms with Crippen molar-refractivity contribution < 1.29 is 26.8 Å². The number of amides is 2. The van der Waals surface area contributed by atoms with Gasteiger partial charge in [-0.1, -0.05) is 11.6 Å². The smallest absolute Gasteiger partial charge is 0.392 e. The van der Waals surface area contributed by atoms with Gasteiger partial charge >= 0.3 is 12.2 Å². The summed E-state index contributed by atoms with van der Waals surface area (Å²) in [7, 11) is 0. The van der Waals surface area contributed by atoms with Gasteiger partial charge in [0.2, 0.25) is 17.7 Å².